The number of hydrogen-bond donors (Lipinski definition) is 1. The summed E-state index contributed by atoms with van der Waals surface area (Å²) in [6.07, 6.45) is 1.42. The minimum Gasteiger partial charge on any atom is -0.463 e. The number of carbonyl (C=O) groups is 2. The second-order valence-electron chi connectivity index (χ2n) is 6.97. The monoisotopic (exact) mass is 438 g/mol. The highest BCUT2D eigenvalue weighted by Crippen LogP contribution is 2.38. The molecule has 0 fully saturated rings. The number of carbonyl (C=O) groups excluding carboxylic acids is 2. The number of nitrogens with zero attached hydrogens (tertiary/aromatic N) is 5. The minimum absolute atomic E-state index is 0.0480. The molecule has 0 aliphatic carbocycles. The summed E-state index contributed by atoms with van der Waals surface area (Å²) in [4.78, 5) is 36.0. The predicted molar refractivity (Wildman–Crippen MR) is 117 cm³/mol. The SMILES string of the molecule is CCOC(=O)C1=C(C)N(CC(=O)Nc2nc(C)cs2)c2ncnn2[C@H]1c1ccccc1. The van der Waals surface area contributed by atoms with Gasteiger partial charge in [0, 0.05) is 11.1 Å². The first-order valence-electron chi connectivity index (χ1n) is 9.81. The van der Waals surface area contributed by atoms with E-state index in [2.05, 4.69) is 20.4 Å². The second kappa shape index (κ2) is 8.68. The molecule has 0 radical (unpaired) electrons. The number of thiazole rings is 1. The lowest BCUT2D eigenvalue weighted by Gasteiger charge is -2.34. The van der Waals surface area contributed by atoms with Gasteiger partial charge in [-0.1, -0.05) is 30.3 Å². The third kappa shape index (κ3) is 4.06. The number of anilines is 2. The fourth-order valence-corrected chi connectivity index (χ4v) is 4.25. The predicted octanol–water partition coefficient (Wildman–Crippen LogP) is 2.93. The van der Waals surface area contributed by atoms with Gasteiger partial charge in [-0.05, 0) is 26.3 Å². The number of ether oxygens (including phenoxy) is 1. The van der Waals surface area contributed by atoms with Crippen LogP contribution in [0.4, 0.5) is 11.1 Å². The minimum atomic E-state index is -0.501. The third-order valence-corrected chi connectivity index (χ3v) is 5.76. The topological polar surface area (TPSA) is 102 Å². The van der Waals surface area contributed by atoms with E-state index >= 15 is 0 Å². The summed E-state index contributed by atoms with van der Waals surface area (Å²) in [5.74, 6) is -0.245. The van der Waals surface area contributed by atoms with Crippen molar-refractivity contribution in [2.45, 2.75) is 26.8 Å². The zero-order valence-electron chi connectivity index (χ0n) is 17.4. The van der Waals surface area contributed by atoms with Crippen LogP contribution in [0.3, 0.4) is 0 Å². The van der Waals surface area contributed by atoms with Gasteiger partial charge in [-0.15, -0.1) is 11.3 Å². The van der Waals surface area contributed by atoms with Gasteiger partial charge in [-0.25, -0.2) is 14.5 Å². The Morgan fingerprint density at radius 2 is 2.00 bits per heavy atom. The largest absolute Gasteiger partial charge is 0.463 e. The molecule has 0 saturated heterocycles. The number of rotatable bonds is 6. The van der Waals surface area contributed by atoms with Gasteiger partial charge in [0.2, 0.25) is 11.9 Å². The molecule has 9 nitrogen and oxygen atoms in total. The number of benzene rings is 1. The van der Waals surface area contributed by atoms with Crippen molar-refractivity contribution in [3.63, 3.8) is 0 Å². The molecule has 31 heavy (non-hydrogen) atoms. The zero-order chi connectivity index (χ0) is 22.0. The second-order valence-corrected chi connectivity index (χ2v) is 7.82. The Bertz CT molecular complexity index is 1140. The standard InChI is InChI=1S/C21H22N6O3S/c1-4-30-19(29)17-14(3)26(10-16(28)25-20-24-13(2)11-31-20)21-22-12-23-27(21)18(17)15-8-6-5-7-9-15/h5-9,11-12,18H,4,10H2,1-3H3,(H,24,25,28)/t18-/m0/s1. The number of fused-ring (bicyclic) bond motifs is 1. The molecule has 1 atom stereocenters. The molecular formula is C21H22N6O3S. The molecule has 10 heteroatoms. The number of aromatic nitrogens is 4. The lowest BCUT2D eigenvalue weighted by atomic mass is 9.95. The van der Waals surface area contributed by atoms with E-state index in [4.69, 9.17) is 4.74 Å². The summed E-state index contributed by atoms with van der Waals surface area (Å²) in [7, 11) is 0. The van der Waals surface area contributed by atoms with Crippen molar-refractivity contribution >= 4 is 34.3 Å². The molecule has 1 amide bonds. The molecule has 160 valence electrons. The quantitative estimate of drug-likeness (QED) is 0.590. The van der Waals surface area contributed by atoms with E-state index in [0.717, 1.165) is 11.3 Å². The van der Waals surface area contributed by atoms with Gasteiger partial charge in [-0.3, -0.25) is 4.79 Å². The van der Waals surface area contributed by atoms with Crippen molar-refractivity contribution in [3.05, 3.63) is 64.6 Å². The lowest BCUT2D eigenvalue weighted by molar-refractivity contribution is -0.139. The Labute approximate surface area is 183 Å². The highest BCUT2D eigenvalue weighted by atomic mass is 32.1. The van der Waals surface area contributed by atoms with Gasteiger partial charge >= 0.3 is 5.97 Å². The number of amides is 1. The Morgan fingerprint density at radius 3 is 2.68 bits per heavy atom. The third-order valence-electron chi connectivity index (χ3n) is 4.89. The first-order valence-corrected chi connectivity index (χ1v) is 10.7. The highest BCUT2D eigenvalue weighted by molar-refractivity contribution is 7.13. The van der Waals surface area contributed by atoms with Crippen LogP contribution in [0.2, 0.25) is 0 Å². The maximum absolute atomic E-state index is 13.0. The van der Waals surface area contributed by atoms with E-state index in [9.17, 15) is 9.59 Å². The van der Waals surface area contributed by atoms with Crippen LogP contribution in [0.1, 0.15) is 31.1 Å². The summed E-state index contributed by atoms with van der Waals surface area (Å²) < 4.78 is 7.00. The lowest BCUT2D eigenvalue weighted by Crippen LogP contribution is -2.40. The summed E-state index contributed by atoms with van der Waals surface area (Å²) in [5.41, 5.74) is 2.73. The Hall–Kier alpha value is -3.53. The van der Waals surface area contributed by atoms with Crippen LogP contribution in [-0.4, -0.2) is 44.8 Å². The van der Waals surface area contributed by atoms with Gasteiger partial charge in [0.1, 0.15) is 18.9 Å². The van der Waals surface area contributed by atoms with Crippen LogP contribution in [0.15, 0.2) is 53.3 Å². The zero-order valence-corrected chi connectivity index (χ0v) is 18.2. The summed E-state index contributed by atoms with van der Waals surface area (Å²) >= 11 is 1.36. The fourth-order valence-electron chi connectivity index (χ4n) is 3.55. The smallest absolute Gasteiger partial charge is 0.338 e. The molecule has 0 unspecified atom stereocenters. The number of nitrogens with one attached hydrogen (secondary N) is 1. The normalized spacial score (nSPS) is 15.6. The molecule has 0 spiro atoms. The van der Waals surface area contributed by atoms with Crippen LogP contribution >= 0.6 is 11.3 Å². The van der Waals surface area contributed by atoms with Gasteiger partial charge in [0.05, 0.1) is 17.9 Å². The van der Waals surface area contributed by atoms with Crippen LogP contribution in [0.25, 0.3) is 0 Å². The Morgan fingerprint density at radius 1 is 1.23 bits per heavy atom. The fraction of sp³-hybridized carbons (Fsp3) is 0.286. The first-order chi connectivity index (χ1) is 15.0. The number of aryl methyl sites for hydroxylation is 1. The molecule has 3 aromatic rings. The molecule has 2 aromatic heterocycles. The molecule has 0 bridgehead atoms. The molecular weight excluding hydrogens is 416 g/mol. The Balaban J connectivity index is 1.73. The average Bonchev–Trinajstić information content (AvgIpc) is 3.39. The van der Waals surface area contributed by atoms with E-state index in [1.807, 2.05) is 42.6 Å². The molecule has 1 aliphatic rings. The van der Waals surface area contributed by atoms with Crippen molar-refractivity contribution < 1.29 is 14.3 Å². The van der Waals surface area contributed by atoms with Gasteiger partial charge in [0.25, 0.3) is 0 Å². The summed E-state index contributed by atoms with van der Waals surface area (Å²) in [5, 5.41) is 9.55. The average molecular weight is 439 g/mol. The number of hydrogen-bond acceptors (Lipinski definition) is 8. The van der Waals surface area contributed by atoms with E-state index in [0.29, 0.717) is 22.4 Å². The van der Waals surface area contributed by atoms with E-state index in [1.54, 1.807) is 23.4 Å². The van der Waals surface area contributed by atoms with Gasteiger partial charge in [0.15, 0.2) is 5.13 Å². The maximum Gasteiger partial charge on any atom is 0.338 e. The Kier molecular flexibility index (Phi) is 5.81. The van der Waals surface area contributed by atoms with Crippen molar-refractivity contribution in [2.24, 2.45) is 0 Å². The summed E-state index contributed by atoms with van der Waals surface area (Å²) in [6, 6.07) is 9.07. The van der Waals surface area contributed by atoms with Crippen molar-refractivity contribution in [3.8, 4) is 0 Å². The molecule has 1 aromatic carbocycles. The molecule has 0 saturated carbocycles. The van der Waals surface area contributed by atoms with Crippen LogP contribution in [0, 0.1) is 6.92 Å². The van der Waals surface area contributed by atoms with E-state index in [1.165, 1.54) is 17.7 Å². The van der Waals surface area contributed by atoms with E-state index in [-0.39, 0.29) is 19.1 Å². The van der Waals surface area contributed by atoms with Crippen molar-refractivity contribution in [1.29, 1.82) is 0 Å². The molecule has 1 N–H and O–H groups in total. The first kappa shape index (κ1) is 20.7. The van der Waals surface area contributed by atoms with Crippen molar-refractivity contribution in [2.75, 3.05) is 23.4 Å². The van der Waals surface area contributed by atoms with Gasteiger partial charge < -0.3 is 15.0 Å². The van der Waals surface area contributed by atoms with Gasteiger partial charge in [-0.2, -0.15) is 10.1 Å². The molecule has 3 heterocycles. The number of allylic oxidation sites excluding steroid dienone is 1. The van der Waals surface area contributed by atoms with Crippen molar-refractivity contribution in [1.82, 2.24) is 19.7 Å². The van der Waals surface area contributed by atoms with Crippen LogP contribution < -0.4 is 10.2 Å². The van der Waals surface area contributed by atoms with E-state index < -0.39 is 12.0 Å². The molecule has 4 rings (SSSR count). The highest BCUT2D eigenvalue weighted by Gasteiger charge is 2.38. The summed E-state index contributed by atoms with van der Waals surface area (Å²) in [6.45, 7) is 5.61. The molecule has 1 aliphatic heterocycles. The van der Waals surface area contributed by atoms with Crippen LogP contribution in [0.5, 0.6) is 0 Å². The van der Waals surface area contributed by atoms with Crippen LogP contribution in [-0.2, 0) is 14.3 Å². The maximum atomic E-state index is 13.0. The number of esters is 1.